The van der Waals surface area contributed by atoms with Gasteiger partial charge >= 0.3 is 0 Å². The van der Waals surface area contributed by atoms with Gasteiger partial charge < -0.3 is 19.9 Å². The van der Waals surface area contributed by atoms with E-state index >= 15 is 0 Å². The highest BCUT2D eigenvalue weighted by Crippen LogP contribution is 2.30. The Kier molecular flexibility index (Phi) is 9.58. The van der Waals surface area contributed by atoms with E-state index in [9.17, 15) is 13.2 Å². The Hall–Kier alpha value is -3.16. The molecule has 0 fully saturated rings. The molecule has 0 bridgehead atoms. The third kappa shape index (κ3) is 7.23. The fourth-order valence-corrected chi connectivity index (χ4v) is 5.91. The molecule has 10 nitrogen and oxygen atoms in total. The summed E-state index contributed by atoms with van der Waals surface area (Å²) >= 11 is 1.33. The first-order valence-electron chi connectivity index (χ1n) is 12.4. The van der Waals surface area contributed by atoms with Gasteiger partial charge in [0.2, 0.25) is 15.9 Å². The van der Waals surface area contributed by atoms with E-state index in [1.807, 2.05) is 23.7 Å². The number of hydrogen-bond acceptors (Lipinski definition) is 8. The lowest BCUT2D eigenvalue weighted by Crippen LogP contribution is -2.32. The fourth-order valence-electron chi connectivity index (χ4n) is 4.04. The Labute approximate surface area is 226 Å². The molecule has 4 rings (SSSR count). The van der Waals surface area contributed by atoms with Gasteiger partial charge in [-0.15, -0.1) is 11.3 Å². The SMILES string of the molecule is CCN(CCCNS(=O)(=O)c1cccc(CC(=O)Nc2nc(-c3c[nH]c4ncccc34)cs2)c1)CCOC. The van der Waals surface area contributed by atoms with E-state index in [1.165, 1.54) is 23.5 Å². The number of aromatic nitrogens is 3. The molecule has 0 saturated heterocycles. The molecule has 0 unspecified atom stereocenters. The second-order valence-electron chi connectivity index (χ2n) is 8.69. The molecule has 0 aliphatic carbocycles. The van der Waals surface area contributed by atoms with Crippen molar-refractivity contribution >= 4 is 43.4 Å². The second-order valence-corrected chi connectivity index (χ2v) is 11.3. The van der Waals surface area contributed by atoms with Crippen LogP contribution in [0.4, 0.5) is 5.13 Å². The molecule has 12 heteroatoms. The molecule has 1 aromatic carbocycles. The molecule has 3 N–H and O–H groups in total. The number of H-pyrrole nitrogens is 1. The van der Waals surface area contributed by atoms with Crippen LogP contribution in [-0.2, 0) is 26.0 Å². The molecule has 0 aliphatic heterocycles. The highest BCUT2D eigenvalue weighted by atomic mass is 32.2. The van der Waals surface area contributed by atoms with E-state index in [1.54, 1.807) is 25.4 Å². The maximum atomic E-state index is 12.8. The van der Waals surface area contributed by atoms with Gasteiger partial charge in [-0.2, -0.15) is 0 Å². The number of fused-ring (bicyclic) bond motifs is 1. The van der Waals surface area contributed by atoms with Crippen molar-refractivity contribution in [2.75, 3.05) is 45.2 Å². The van der Waals surface area contributed by atoms with Crippen molar-refractivity contribution in [1.82, 2.24) is 24.6 Å². The van der Waals surface area contributed by atoms with Gasteiger partial charge in [0.1, 0.15) is 5.65 Å². The Morgan fingerprint density at radius 3 is 2.89 bits per heavy atom. The fraction of sp³-hybridized carbons (Fsp3) is 0.346. The first-order valence-corrected chi connectivity index (χ1v) is 14.7. The van der Waals surface area contributed by atoms with E-state index in [4.69, 9.17) is 4.74 Å². The summed E-state index contributed by atoms with van der Waals surface area (Å²) in [6, 6.07) is 10.3. The highest BCUT2D eigenvalue weighted by Gasteiger charge is 2.16. The van der Waals surface area contributed by atoms with Crippen LogP contribution in [0.25, 0.3) is 22.3 Å². The lowest BCUT2D eigenvalue weighted by molar-refractivity contribution is -0.115. The lowest BCUT2D eigenvalue weighted by atomic mass is 10.1. The number of amides is 1. The molecular weight excluding hydrogens is 524 g/mol. The van der Waals surface area contributed by atoms with Crippen LogP contribution >= 0.6 is 11.3 Å². The minimum Gasteiger partial charge on any atom is -0.383 e. The lowest BCUT2D eigenvalue weighted by Gasteiger charge is -2.19. The van der Waals surface area contributed by atoms with E-state index in [-0.39, 0.29) is 17.2 Å². The number of pyridine rings is 1. The summed E-state index contributed by atoms with van der Waals surface area (Å²) < 4.78 is 33.4. The van der Waals surface area contributed by atoms with Crippen molar-refractivity contribution in [1.29, 1.82) is 0 Å². The van der Waals surface area contributed by atoms with Gasteiger partial charge in [0.25, 0.3) is 0 Å². The van der Waals surface area contributed by atoms with E-state index in [0.29, 0.717) is 30.3 Å². The van der Waals surface area contributed by atoms with Crippen molar-refractivity contribution < 1.29 is 17.9 Å². The van der Waals surface area contributed by atoms with E-state index in [2.05, 4.69) is 36.8 Å². The van der Waals surface area contributed by atoms with Gasteiger partial charge in [0.05, 0.1) is 23.6 Å². The molecule has 38 heavy (non-hydrogen) atoms. The summed E-state index contributed by atoms with van der Waals surface area (Å²) in [6.07, 6.45) is 4.28. The summed E-state index contributed by atoms with van der Waals surface area (Å²) in [7, 11) is -2.02. The number of likely N-dealkylation sites (N-methyl/N-ethyl adjacent to an activating group) is 1. The van der Waals surface area contributed by atoms with Crippen molar-refractivity contribution in [3.05, 3.63) is 59.7 Å². The number of aromatic amines is 1. The molecule has 0 saturated carbocycles. The molecule has 4 aromatic rings. The van der Waals surface area contributed by atoms with Gasteiger partial charge in [-0.3, -0.25) is 4.79 Å². The normalized spacial score (nSPS) is 11.9. The zero-order chi connectivity index (χ0) is 27.0. The summed E-state index contributed by atoms with van der Waals surface area (Å²) in [6.45, 7) is 5.51. The third-order valence-electron chi connectivity index (χ3n) is 6.05. The van der Waals surface area contributed by atoms with Crippen LogP contribution in [0.3, 0.4) is 0 Å². The Morgan fingerprint density at radius 2 is 2.08 bits per heavy atom. The number of nitrogens with one attached hydrogen (secondary N) is 3. The maximum absolute atomic E-state index is 12.8. The van der Waals surface area contributed by atoms with Crippen LogP contribution in [0.2, 0.25) is 0 Å². The van der Waals surface area contributed by atoms with Crippen LogP contribution in [0.15, 0.2) is 59.1 Å². The number of sulfonamides is 1. The largest absolute Gasteiger partial charge is 0.383 e. The summed E-state index contributed by atoms with van der Waals surface area (Å²) in [4.78, 5) is 27.0. The Bertz CT molecular complexity index is 1470. The van der Waals surface area contributed by atoms with Gasteiger partial charge in [-0.05, 0) is 49.3 Å². The summed E-state index contributed by atoms with van der Waals surface area (Å²) in [5.74, 6) is -0.273. The van der Waals surface area contributed by atoms with Crippen molar-refractivity contribution in [3.63, 3.8) is 0 Å². The number of anilines is 1. The maximum Gasteiger partial charge on any atom is 0.240 e. The smallest absolute Gasteiger partial charge is 0.240 e. The molecule has 202 valence electrons. The molecule has 0 aliphatic rings. The molecule has 0 atom stereocenters. The number of carbonyl (C=O) groups excluding carboxylic acids is 1. The zero-order valence-electron chi connectivity index (χ0n) is 21.4. The summed E-state index contributed by atoms with van der Waals surface area (Å²) in [5, 5.41) is 6.12. The third-order valence-corrected chi connectivity index (χ3v) is 8.27. The standard InChI is InChI=1S/C26H32N6O4S2/c1-3-32(13-14-36-2)12-6-11-29-38(34,35)20-8-4-7-19(15-20)16-24(33)31-26-30-23(18-37-26)22-17-28-25-21(22)9-5-10-27-25/h4-5,7-10,15,17-18,29H,3,6,11-14,16H2,1-2H3,(H,27,28)(H,30,31,33). The minimum atomic E-state index is -3.68. The van der Waals surface area contributed by atoms with Gasteiger partial charge in [0, 0.05) is 48.9 Å². The highest BCUT2D eigenvalue weighted by molar-refractivity contribution is 7.89. The van der Waals surface area contributed by atoms with Crippen molar-refractivity contribution in [2.24, 2.45) is 0 Å². The molecule has 0 spiro atoms. The number of thiazole rings is 1. The van der Waals surface area contributed by atoms with Crippen LogP contribution in [-0.4, -0.2) is 74.1 Å². The number of benzene rings is 1. The monoisotopic (exact) mass is 556 g/mol. The number of ether oxygens (including phenoxy) is 1. The second kappa shape index (κ2) is 13.1. The average Bonchev–Trinajstić information content (AvgIpc) is 3.55. The number of methoxy groups -OCH3 is 1. The molecule has 3 heterocycles. The van der Waals surface area contributed by atoms with Crippen LogP contribution in [0, 0.1) is 0 Å². The predicted octanol–water partition coefficient (Wildman–Crippen LogP) is 3.50. The van der Waals surface area contributed by atoms with Crippen molar-refractivity contribution in [2.45, 2.75) is 24.7 Å². The molecule has 1 amide bonds. The topological polar surface area (TPSA) is 129 Å². The van der Waals surface area contributed by atoms with Crippen LogP contribution in [0.5, 0.6) is 0 Å². The Balaban J connectivity index is 1.31. The van der Waals surface area contributed by atoms with E-state index < -0.39 is 10.0 Å². The van der Waals surface area contributed by atoms with Gasteiger partial charge in [-0.1, -0.05) is 19.1 Å². The van der Waals surface area contributed by atoms with Crippen LogP contribution < -0.4 is 10.0 Å². The molecule has 3 aromatic heterocycles. The quantitative estimate of drug-likeness (QED) is 0.203. The minimum absolute atomic E-state index is 0.0280. The van der Waals surface area contributed by atoms with Crippen LogP contribution in [0.1, 0.15) is 18.9 Å². The number of nitrogens with zero attached hydrogens (tertiary/aromatic N) is 3. The predicted molar refractivity (Wildman–Crippen MR) is 150 cm³/mol. The summed E-state index contributed by atoms with van der Waals surface area (Å²) in [5.41, 5.74) is 3.02. The first kappa shape index (κ1) is 27.9. The zero-order valence-corrected chi connectivity index (χ0v) is 23.1. The average molecular weight is 557 g/mol. The van der Waals surface area contributed by atoms with Gasteiger partial charge in [-0.25, -0.2) is 23.1 Å². The molecule has 0 radical (unpaired) electrons. The number of rotatable bonds is 14. The Morgan fingerprint density at radius 1 is 1.21 bits per heavy atom. The van der Waals surface area contributed by atoms with Gasteiger partial charge in [0.15, 0.2) is 5.13 Å². The van der Waals surface area contributed by atoms with E-state index in [0.717, 1.165) is 41.9 Å². The van der Waals surface area contributed by atoms with Crippen molar-refractivity contribution in [3.8, 4) is 11.3 Å². The molecular formula is C26H32N6O4S2. The number of hydrogen-bond donors (Lipinski definition) is 3. The number of carbonyl (C=O) groups is 1. The first-order chi connectivity index (χ1) is 18.4.